The molecular weight excluding hydrogens is 376 g/mol. The normalized spacial score (nSPS) is 10.7. The fourth-order valence-electron chi connectivity index (χ4n) is 3.23. The van der Waals surface area contributed by atoms with Gasteiger partial charge in [0.2, 0.25) is 0 Å². The Morgan fingerprint density at radius 2 is 1.60 bits per heavy atom. The smallest absolute Gasteiger partial charge is 0.258 e. The van der Waals surface area contributed by atoms with Crippen LogP contribution in [0.2, 0.25) is 0 Å². The molecule has 30 heavy (non-hydrogen) atoms. The van der Waals surface area contributed by atoms with Crippen LogP contribution in [0.5, 0.6) is 11.5 Å². The highest BCUT2D eigenvalue weighted by Crippen LogP contribution is 2.27. The minimum Gasteiger partial charge on any atom is -0.496 e. The number of para-hydroxylation sites is 1. The second-order valence-electron chi connectivity index (χ2n) is 7.30. The first kappa shape index (κ1) is 21.4. The fraction of sp³-hybridized carbons (Fsp3) is 0.240. The summed E-state index contributed by atoms with van der Waals surface area (Å²) in [5.74, 6) is 1.29. The zero-order valence-corrected chi connectivity index (χ0v) is 17.7. The van der Waals surface area contributed by atoms with E-state index in [0.29, 0.717) is 6.54 Å². The molecule has 1 N–H and O–H groups in total. The third kappa shape index (κ3) is 5.84. The number of carbonyl (C=O) groups is 1. The van der Waals surface area contributed by atoms with E-state index in [0.717, 1.165) is 40.3 Å². The number of methoxy groups -OCH3 is 1. The number of amides is 1. The van der Waals surface area contributed by atoms with Gasteiger partial charge in [-0.25, -0.2) is 0 Å². The van der Waals surface area contributed by atoms with Crippen molar-refractivity contribution in [3.8, 4) is 22.6 Å². The molecule has 156 valence electrons. The number of hydrogen-bond acceptors (Lipinski definition) is 4. The lowest BCUT2D eigenvalue weighted by Crippen LogP contribution is -2.28. The number of nitrogens with one attached hydrogen (secondary N) is 1. The van der Waals surface area contributed by atoms with Crippen LogP contribution >= 0.6 is 0 Å². The third-order valence-electron chi connectivity index (χ3n) is 4.68. The van der Waals surface area contributed by atoms with Crippen molar-refractivity contribution in [1.29, 1.82) is 0 Å². The maximum absolute atomic E-state index is 12.3. The molecule has 5 nitrogen and oxygen atoms in total. The molecule has 0 radical (unpaired) electrons. The van der Waals surface area contributed by atoms with Crippen molar-refractivity contribution in [1.82, 2.24) is 10.2 Å². The van der Waals surface area contributed by atoms with E-state index in [2.05, 4.69) is 28.4 Å². The minimum absolute atomic E-state index is 0.0414. The Bertz CT molecular complexity index is 971. The molecular formula is C25H28N2O3. The predicted octanol–water partition coefficient (Wildman–Crippen LogP) is 4.12. The van der Waals surface area contributed by atoms with Crippen LogP contribution < -0.4 is 14.8 Å². The Kier molecular flexibility index (Phi) is 7.46. The van der Waals surface area contributed by atoms with Crippen molar-refractivity contribution in [3.05, 3.63) is 83.9 Å². The molecule has 0 unspecified atom stereocenters. The first-order valence-electron chi connectivity index (χ1n) is 9.91. The fourth-order valence-corrected chi connectivity index (χ4v) is 3.23. The maximum atomic E-state index is 12.3. The van der Waals surface area contributed by atoms with Gasteiger partial charge in [-0.2, -0.15) is 0 Å². The molecule has 0 atom stereocenters. The van der Waals surface area contributed by atoms with Crippen LogP contribution in [0.4, 0.5) is 0 Å². The van der Waals surface area contributed by atoms with E-state index in [1.54, 1.807) is 7.11 Å². The number of nitrogens with zero attached hydrogens (tertiary/aromatic N) is 1. The molecule has 3 rings (SSSR count). The lowest BCUT2D eigenvalue weighted by molar-refractivity contribution is -0.123. The van der Waals surface area contributed by atoms with Crippen molar-refractivity contribution in [2.75, 3.05) is 27.8 Å². The summed E-state index contributed by atoms with van der Waals surface area (Å²) in [6.07, 6.45) is 0. The number of rotatable bonds is 9. The van der Waals surface area contributed by atoms with Gasteiger partial charge in [-0.15, -0.1) is 0 Å². The van der Waals surface area contributed by atoms with Gasteiger partial charge in [0.05, 0.1) is 7.11 Å². The number of ether oxygens (including phenoxy) is 2. The Morgan fingerprint density at radius 3 is 2.33 bits per heavy atom. The standard InChI is InChI=1S/C25H28N2O3/c1-27(2)17-22-15-20(19-9-5-4-6-10-19)13-14-24(22)30-18-25(28)26-16-21-11-7-8-12-23(21)29-3/h4-15H,16-18H2,1-3H3,(H,26,28). The van der Waals surface area contributed by atoms with Crippen LogP contribution in [0.25, 0.3) is 11.1 Å². The van der Waals surface area contributed by atoms with E-state index < -0.39 is 0 Å². The van der Waals surface area contributed by atoms with Gasteiger partial charge in [0.15, 0.2) is 6.61 Å². The highest BCUT2D eigenvalue weighted by Gasteiger charge is 2.11. The summed E-state index contributed by atoms with van der Waals surface area (Å²) in [5, 5.41) is 2.89. The topological polar surface area (TPSA) is 50.8 Å². The maximum Gasteiger partial charge on any atom is 0.258 e. The third-order valence-corrected chi connectivity index (χ3v) is 4.68. The van der Waals surface area contributed by atoms with Crippen molar-refractivity contribution in [3.63, 3.8) is 0 Å². The van der Waals surface area contributed by atoms with Gasteiger partial charge in [0.25, 0.3) is 5.91 Å². The van der Waals surface area contributed by atoms with Crippen molar-refractivity contribution in [2.45, 2.75) is 13.1 Å². The summed E-state index contributed by atoms with van der Waals surface area (Å²) in [6.45, 7) is 1.07. The molecule has 0 saturated carbocycles. The van der Waals surface area contributed by atoms with Crippen LogP contribution in [0.15, 0.2) is 72.8 Å². The predicted molar refractivity (Wildman–Crippen MR) is 120 cm³/mol. The summed E-state index contributed by atoms with van der Waals surface area (Å²) >= 11 is 0. The zero-order chi connectivity index (χ0) is 21.3. The van der Waals surface area contributed by atoms with Crippen LogP contribution in [0, 0.1) is 0 Å². The number of carbonyl (C=O) groups excluding carboxylic acids is 1. The van der Waals surface area contributed by atoms with Crippen LogP contribution in [0.3, 0.4) is 0 Å². The lowest BCUT2D eigenvalue weighted by Gasteiger charge is -2.17. The van der Waals surface area contributed by atoms with Crippen molar-refractivity contribution < 1.29 is 14.3 Å². The summed E-state index contributed by atoms with van der Waals surface area (Å²) < 4.78 is 11.2. The quantitative estimate of drug-likeness (QED) is 0.583. The van der Waals surface area contributed by atoms with Crippen molar-refractivity contribution in [2.24, 2.45) is 0 Å². The molecule has 0 spiro atoms. The summed E-state index contributed by atoms with van der Waals surface area (Å²) in [5.41, 5.74) is 4.24. The minimum atomic E-state index is -0.177. The summed E-state index contributed by atoms with van der Waals surface area (Å²) in [4.78, 5) is 14.4. The van der Waals surface area contributed by atoms with Gasteiger partial charge in [0, 0.05) is 24.2 Å². The molecule has 1 amide bonds. The number of benzene rings is 3. The monoisotopic (exact) mass is 404 g/mol. The molecule has 0 aliphatic heterocycles. The van der Waals surface area contributed by atoms with E-state index in [-0.39, 0.29) is 12.5 Å². The summed E-state index contributed by atoms with van der Waals surface area (Å²) in [6, 6.07) is 23.9. The van der Waals surface area contributed by atoms with Gasteiger partial charge in [0.1, 0.15) is 11.5 Å². The van der Waals surface area contributed by atoms with Crippen LogP contribution in [-0.2, 0) is 17.9 Å². The Morgan fingerprint density at radius 1 is 0.867 bits per heavy atom. The number of hydrogen-bond donors (Lipinski definition) is 1. The Hall–Kier alpha value is -3.31. The van der Waals surface area contributed by atoms with E-state index in [1.165, 1.54) is 0 Å². The van der Waals surface area contributed by atoms with Gasteiger partial charge in [-0.3, -0.25) is 4.79 Å². The van der Waals surface area contributed by atoms with Crippen LogP contribution in [0.1, 0.15) is 11.1 Å². The molecule has 5 heteroatoms. The van der Waals surface area contributed by atoms with Crippen LogP contribution in [-0.4, -0.2) is 38.6 Å². The van der Waals surface area contributed by atoms with Gasteiger partial charge in [-0.1, -0.05) is 54.6 Å². The van der Waals surface area contributed by atoms with E-state index in [4.69, 9.17) is 9.47 Å². The molecule has 0 bridgehead atoms. The zero-order valence-electron chi connectivity index (χ0n) is 17.7. The molecule has 3 aromatic rings. The van der Waals surface area contributed by atoms with E-state index in [9.17, 15) is 4.79 Å². The average molecular weight is 405 g/mol. The first-order chi connectivity index (χ1) is 14.6. The first-order valence-corrected chi connectivity index (χ1v) is 9.91. The van der Waals surface area contributed by atoms with Gasteiger partial charge >= 0.3 is 0 Å². The van der Waals surface area contributed by atoms with Gasteiger partial charge in [-0.05, 0) is 43.4 Å². The molecule has 0 aromatic heterocycles. The Labute approximate surface area is 178 Å². The average Bonchev–Trinajstić information content (AvgIpc) is 2.77. The van der Waals surface area contributed by atoms with E-state index in [1.807, 2.05) is 68.7 Å². The molecule has 0 heterocycles. The van der Waals surface area contributed by atoms with Gasteiger partial charge < -0.3 is 19.7 Å². The molecule has 0 fully saturated rings. The van der Waals surface area contributed by atoms with Crippen molar-refractivity contribution >= 4 is 5.91 Å². The molecule has 3 aromatic carbocycles. The lowest BCUT2D eigenvalue weighted by atomic mass is 10.0. The van der Waals surface area contributed by atoms with E-state index >= 15 is 0 Å². The highest BCUT2D eigenvalue weighted by molar-refractivity contribution is 5.77. The molecule has 0 aliphatic rings. The summed E-state index contributed by atoms with van der Waals surface area (Å²) in [7, 11) is 5.65. The second-order valence-corrected chi connectivity index (χ2v) is 7.30. The largest absolute Gasteiger partial charge is 0.496 e. The SMILES string of the molecule is COc1ccccc1CNC(=O)COc1ccc(-c2ccccc2)cc1CN(C)C. The Balaban J connectivity index is 1.65. The molecule has 0 aliphatic carbocycles. The second kappa shape index (κ2) is 10.5. The molecule has 0 saturated heterocycles. The highest BCUT2D eigenvalue weighted by atomic mass is 16.5.